The molecule has 3 heteroatoms. The van der Waals surface area contributed by atoms with Gasteiger partial charge in [0.2, 0.25) is 0 Å². The van der Waals surface area contributed by atoms with Crippen molar-refractivity contribution in [2.45, 2.75) is 32.4 Å². The van der Waals surface area contributed by atoms with Gasteiger partial charge in [-0.1, -0.05) is 38.1 Å². The van der Waals surface area contributed by atoms with Crippen molar-refractivity contribution in [2.75, 3.05) is 13.2 Å². The molecule has 0 fully saturated rings. The van der Waals surface area contributed by atoms with Crippen LogP contribution in [0.25, 0.3) is 6.08 Å². The zero-order chi connectivity index (χ0) is 13.0. The predicted octanol–water partition coefficient (Wildman–Crippen LogP) is 1.99. The fraction of sp³-hybridized carbons (Fsp3) is 0.467. The predicted molar refractivity (Wildman–Crippen MR) is 73.8 cm³/mol. The van der Waals surface area contributed by atoms with Crippen LogP contribution in [0.3, 0.4) is 0 Å². The Morgan fingerprint density at radius 2 is 2.22 bits per heavy atom. The van der Waals surface area contributed by atoms with Crippen molar-refractivity contribution in [1.82, 2.24) is 5.32 Å². The largest absolute Gasteiger partial charge is 0.491 e. The fourth-order valence-corrected chi connectivity index (χ4v) is 2.01. The second-order valence-corrected chi connectivity index (χ2v) is 4.96. The molecule has 0 heterocycles. The minimum absolute atomic E-state index is 0.330. The normalized spacial score (nSPS) is 14.9. The zero-order valence-electron chi connectivity index (χ0n) is 11.0. The highest BCUT2D eigenvalue weighted by molar-refractivity contribution is 5.63. The Bertz CT molecular complexity index is 427. The number of aliphatic hydroxyl groups excluding tert-OH is 1. The van der Waals surface area contributed by atoms with Crippen molar-refractivity contribution < 1.29 is 9.84 Å². The lowest BCUT2D eigenvalue weighted by Gasteiger charge is -2.16. The number of ether oxygens (including phenoxy) is 1. The van der Waals surface area contributed by atoms with Gasteiger partial charge in [0.1, 0.15) is 18.5 Å². The molecule has 1 atom stereocenters. The summed E-state index contributed by atoms with van der Waals surface area (Å²) in [7, 11) is 0. The molecule has 0 unspecified atom stereocenters. The van der Waals surface area contributed by atoms with Gasteiger partial charge in [-0.15, -0.1) is 0 Å². The zero-order valence-corrected chi connectivity index (χ0v) is 11.0. The molecule has 1 aliphatic rings. The van der Waals surface area contributed by atoms with Gasteiger partial charge >= 0.3 is 0 Å². The molecule has 18 heavy (non-hydrogen) atoms. The molecule has 0 saturated carbocycles. The molecular formula is C15H21NO2. The maximum atomic E-state index is 9.80. The van der Waals surface area contributed by atoms with Gasteiger partial charge in [0, 0.05) is 18.2 Å². The van der Waals surface area contributed by atoms with E-state index in [1.807, 2.05) is 12.1 Å². The smallest absolute Gasteiger partial charge is 0.123 e. The molecule has 2 rings (SSSR count). The number of rotatable bonds is 6. The van der Waals surface area contributed by atoms with E-state index in [-0.39, 0.29) is 0 Å². The highest BCUT2D eigenvalue weighted by atomic mass is 16.5. The molecule has 2 N–H and O–H groups in total. The summed E-state index contributed by atoms with van der Waals surface area (Å²) < 4.78 is 5.71. The summed E-state index contributed by atoms with van der Waals surface area (Å²) in [6, 6.07) is 6.42. The number of allylic oxidation sites excluding steroid dienone is 1. The van der Waals surface area contributed by atoms with Gasteiger partial charge in [-0.05, 0) is 18.1 Å². The Hall–Kier alpha value is -1.32. The quantitative estimate of drug-likeness (QED) is 0.808. The first-order chi connectivity index (χ1) is 8.66. The van der Waals surface area contributed by atoms with Crippen LogP contribution in [0.5, 0.6) is 5.75 Å². The average molecular weight is 247 g/mol. The van der Waals surface area contributed by atoms with E-state index in [2.05, 4.69) is 37.4 Å². The monoisotopic (exact) mass is 247 g/mol. The lowest BCUT2D eigenvalue weighted by atomic mass is 10.1. The van der Waals surface area contributed by atoms with E-state index < -0.39 is 6.10 Å². The standard InChI is InChI=1S/C15H21NO2/c1-11(2)16-9-13(17)10-18-15-8-4-6-12-5-3-7-14(12)15/h3-6,8,11,13,16-17H,7,9-10H2,1-2H3/t13-/m0/s1. The molecule has 0 radical (unpaired) electrons. The fourth-order valence-electron chi connectivity index (χ4n) is 2.01. The summed E-state index contributed by atoms with van der Waals surface area (Å²) >= 11 is 0. The average Bonchev–Trinajstić information content (AvgIpc) is 2.82. The SMILES string of the molecule is CC(C)NC[C@H](O)COc1cccc2c1CC=C2. The van der Waals surface area contributed by atoms with E-state index in [1.165, 1.54) is 11.1 Å². The number of nitrogens with one attached hydrogen (secondary N) is 1. The van der Waals surface area contributed by atoms with Crippen LogP contribution in [-0.2, 0) is 6.42 Å². The molecule has 3 nitrogen and oxygen atoms in total. The van der Waals surface area contributed by atoms with Crippen molar-refractivity contribution in [3.63, 3.8) is 0 Å². The molecule has 0 spiro atoms. The van der Waals surface area contributed by atoms with Crippen LogP contribution in [-0.4, -0.2) is 30.4 Å². The molecule has 0 aliphatic heterocycles. The van der Waals surface area contributed by atoms with Crippen LogP contribution in [0, 0.1) is 0 Å². The Kier molecular flexibility index (Phi) is 4.39. The third-order valence-corrected chi connectivity index (χ3v) is 2.98. The summed E-state index contributed by atoms with van der Waals surface area (Å²) in [4.78, 5) is 0. The van der Waals surface area contributed by atoms with Gasteiger partial charge in [-0.2, -0.15) is 0 Å². The molecule has 0 aromatic heterocycles. The summed E-state index contributed by atoms with van der Waals surface area (Å²) in [6.07, 6.45) is 4.69. The van der Waals surface area contributed by atoms with Crippen molar-refractivity contribution in [2.24, 2.45) is 0 Å². The second kappa shape index (κ2) is 6.03. The summed E-state index contributed by atoms with van der Waals surface area (Å²) in [5.41, 5.74) is 2.45. The van der Waals surface area contributed by atoms with Gasteiger partial charge in [-0.25, -0.2) is 0 Å². The highest BCUT2D eigenvalue weighted by Crippen LogP contribution is 2.28. The molecule has 0 saturated heterocycles. The van der Waals surface area contributed by atoms with E-state index in [9.17, 15) is 5.11 Å². The Balaban J connectivity index is 1.86. The van der Waals surface area contributed by atoms with Crippen LogP contribution in [0.1, 0.15) is 25.0 Å². The first kappa shape index (κ1) is 13.1. The Morgan fingerprint density at radius 3 is 3.00 bits per heavy atom. The van der Waals surface area contributed by atoms with Gasteiger partial charge in [-0.3, -0.25) is 0 Å². The Morgan fingerprint density at radius 1 is 1.39 bits per heavy atom. The van der Waals surface area contributed by atoms with Crippen molar-refractivity contribution in [1.29, 1.82) is 0 Å². The maximum Gasteiger partial charge on any atom is 0.123 e. The molecule has 0 amide bonds. The van der Waals surface area contributed by atoms with E-state index in [4.69, 9.17) is 4.74 Å². The third kappa shape index (κ3) is 3.34. The molecule has 1 aromatic rings. The number of hydrogen-bond donors (Lipinski definition) is 2. The van der Waals surface area contributed by atoms with Crippen molar-refractivity contribution in [3.8, 4) is 5.75 Å². The Labute approximate surface area is 108 Å². The van der Waals surface area contributed by atoms with Crippen molar-refractivity contribution >= 4 is 6.08 Å². The van der Waals surface area contributed by atoms with Crippen LogP contribution in [0.15, 0.2) is 24.3 Å². The topological polar surface area (TPSA) is 41.5 Å². The lowest BCUT2D eigenvalue weighted by Crippen LogP contribution is -2.35. The van der Waals surface area contributed by atoms with Crippen LogP contribution in [0.2, 0.25) is 0 Å². The van der Waals surface area contributed by atoms with Gasteiger partial charge in [0.25, 0.3) is 0 Å². The summed E-state index contributed by atoms with van der Waals surface area (Å²) in [6.45, 7) is 5.01. The van der Waals surface area contributed by atoms with Crippen LogP contribution in [0.4, 0.5) is 0 Å². The molecule has 98 valence electrons. The molecular weight excluding hydrogens is 226 g/mol. The minimum atomic E-state index is -0.474. The first-order valence-corrected chi connectivity index (χ1v) is 6.49. The van der Waals surface area contributed by atoms with E-state index in [0.717, 1.165) is 12.2 Å². The van der Waals surface area contributed by atoms with Crippen LogP contribution >= 0.6 is 0 Å². The van der Waals surface area contributed by atoms with Gasteiger partial charge in [0.15, 0.2) is 0 Å². The summed E-state index contributed by atoms with van der Waals surface area (Å²) in [5.74, 6) is 0.890. The number of fused-ring (bicyclic) bond motifs is 1. The lowest BCUT2D eigenvalue weighted by molar-refractivity contribution is 0.104. The van der Waals surface area contributed by atoms with Gasteiger partial charge in [0.05, 0.1) is 0 Å². The third-order valence-electron chi connectivity index (χ3n) is 2.98. The molecule has 0 bridgehead atoms. The highest BCUT2D eigenvalue weighted by Gasteiger charge is 2.12. The first-order valence-electron chi connectivity index (χ1n) is 6.49. The van der Waals surface area contributed by atoms with E-state index in [1.54, 1.807) is 0 Å². The van der Waals surface area contributed by atoms with E-state index >= 15 is 0 Å². The second-order valence-electron chi connectivity index (χ2n) is 4.96. The molecule has 1 aromatic carbocycles. The molecule has 1 aliphatic carbocycles. The van der Waals surface area contributed by atoms with E-state index in [0.29, 0.717) is 19.2 Å². The number of aliphatic hydroxyl groups is 1. The van der Waals surface area contributed by atoms with Gasteiger partial charge < -0.3 is 15.2 Å². The maximum absolute atomic E-state index is 9.80. The number of hydrogen-bond acceptors (Lipinski definition) is 3. The number of benzene rings is 1. The van der Waals surface area contributed by atoms with Crippen molar-refractivity contribution in [3.05, 3.63) is 35.4 Å². The minimum Gasteiger partial charge on any atom is -0.491 e. The van der Waals surface area contributed by atoms with Crippen LogP contribution < -0.4 is 10.1 Å². The summed E-state index contributed by atoms with van der Waals surface area (Å²) in [5, 5.41) is 13.0.